The van der Waals surface area contributed by atoms with Crippen molar-refractivity contribution in [2.75, 3.05) is 0 Å². The fourth-order valence-corrected chi connectivity index (χ4v) is 2.06. The number of hydrogen-bond acceptors (Lipinski definition) is 2. The summed E-state index contributed by atoms with van der Waals surface area (Å²) in [5.74, 6) is 0.643. The number of carbonyl (C=O) groups excluding carboxylic acids is 2. The highest BCUT2D eigenvalue weighted by Crippen LogP contribution is 2.55. The van der Waals surface area contributed by atoms with E-state index >= 15 is 0 Å². The van der Waals surface area contributed by atoms with Crippen LogP contribution in [-0.4, -0.2) is 11.6 Å². The Kier molecular flexibility index (Phi) is 1.11. The molecule has 2 saturated carbocycles. The van der Waals surface area contributed by atoms with Crippen LogP contribution in [0.15, 0.2) is 0 Å². The lowest BCUT2D eigenvalue weighted by Crippen LogP contribution is -2.31. The van der Waals surface area contributed by atoms with E-state index in [1.807, 2.05) is 6.92 Å². The van der Waals surface area contributed by atoms with Gasteiger partial charge in [0.25, 0.3) is 0 Å². The van der Waals surface area contributed by atoms with E-state index in [1.54, 1.807) is 6.92 Å². The van der Waals surface area contributed by atoms with E-state index in [9.17, 15) is 9.59 Å². The molecule has 0 saturated heterocycles. The predicted octanol–water partition coefficient (Wildman–Crippen LogP) is 1.19. The third kappa shape index (κ3) is 0.627. The Labute approximate surface area is 66.0 Å². The number of carbonyl (C=O) groups is 2. The number of hydrogen-bond donors (Lipinski definition) is 0. The second kappa shape index (κ2) is 1.74. The van der Waals surface area contributed by atoms with Crippen molar-refractivity contribution in [2.45, 2.75) is 26.7 Å². The first-order valence-corrected chi connectivity index (χ1v) is 4.20. The van der Waals surface area contributed by atoms with E-state index in [1.165, 1.54) is 0 Å². The average Bonchev–Trinajstić information content (AvgIpc) is 2.75. The minimum atomic E-state index is -0.604. The third-order valence-corrected chi connectivity index (χ3v) is 3.26. The Morgan fingerprint density at radius 2 is 1.82 bits per heavy atom. The van der Waals surface area contributed by atoms with E-state index in [0.717, 1.165) is 6.42 Å². The number of ketones is 2. The quantitative estimate of drug-likeness (QED) is 0.529. The Bertz CT molecular complexity index is 222. The molecule has 2 aliphatic carbocycles. The van der Waals surface area contributed by atoms with Crippen LogP contribution in [0.3, 0.4) is 0 Å². The fraction of sp³-hybridized carbons (Fsp3) is 0.778. The van der Waals surface area contributed by atoms with Gasteiger partial charge in [-0.2, -0.15) is 0 Å². The number of rotatable bonds is 1. The van der Waals surface area contributed by atoms with Crippen molar-refractivity contribution in [3.63, 3.8) is 0 Å². The molecule has 2 nitrogen and oxygen atoms in total. The lowest BCUT2D eigenvalue weighted by atomic mass is 9.81. The van der Waals surface area contributed by atoms with Crippen LogP contribution in [0.2, 0.25) is 0 Å². The van der Waals surface area contributed by atoms with E-state index in [-0.39, 0.29) is 23.4 Å². The number of fused-ring (bicyclic) bond motifs is 1. The Balaban J connectivity index is 2.36. The van der Waals surface area contributed by atoms with Gasteiger partial charge in [0.05, 0.1) is 5.41 Å². The van der Waals surface area contributed by atoms with Crippen molar-refractivity contribution in [2.24, 2.45) is 17.3 Å². The summed E-state index contributed by atoms with van der Waals surface area (Å²) in [5, 5.41) is 0. The minimum absolute atomic E-state index is 0.118. The normalized spacial score (nSPS) is 47.8. The van der Waals surface area contributed by atoms with Crippen molar-refractivity contribution in [1.29, 1.82) is 0 Å². The van der Waals surface area contributed by atoms with Gasteiger partial charge in [-0.1, -0.05) is 6.92 Å². The zero-order valence-electron chi connectivity index (χ0n) is 6.89. The van der Waals surface area contributed by atoms with Crippen LogP contribution in [0.1, 0.15) is 26.7 Å². The first-order valence-electron chi connectivity index (χ1n) is 4.20. The van der Waals surface area contributed by atoms with Gasteiger partial charge in [-0.05, 0) is 19.8 Å². The summed E-state index contributed by atoms with van der Waals surface area (Å²) in [4.78, 5) is 23.0. The summed E-state index contributed by atoms with van der Waals surface area (Å²) in [6.45, 7) is 3.71. The summed E-state index contributed by atoms with van der Waals surface area (Å²) in [6, 6.07) is 0. The first-order chi connectivity index (χ1) is 5.11. The Morgan fingerprint density at radius 1 is 1.36 bits per heavy atom. The van der Waals surface area contributed by atoms with E-state index in [0.29, 0.717) is 6.42 Å². The van der Waals surface area contributed by atoms with Crippen LogP contribution >= 0.6 is 0 Å². The van der Waals surface area contributed by atoms with Gasteiger partial charge in [0, 0.05) is 11.8 Å². The van der Waals surface area contributed by atoms with Crippen LogP contribution in [0, 0.1) is 17.3 Å². The first kappa shape index (κ1) is 7.01. The summed E-state index contributed by atoms with van der Waals surface area (Å²) < 4.78 is 0. The van der Waals surface area contributed by atoms with Gasteiger partial charge in [0.1, 0.15) is 11.6 Å². The average molecular weight is 152 g/mol. The molecule has 0 heterocycles. The van der Waals surface area contributed by atoms with Crippen molar-refractivity contribution < 1.29 is 9.59 Å². The third-order valence-electron chi connectivity index (χ3n) is 3.26. The van der Waals surface area contributed by atoms with Crippen LogP contribution in [0.25, 0.3) is 0 Å². The molecule has 2 aliphatic rings. The maximum absolute atomic E-state index is 11.5. The highest BCUT2D eigenvalue weighted by atomic mass is 16.2. The van der Waals surface area contributed by atoms with E-state index in [4.69, 9.17) is 0 Å². The molecular weight excluding hydrogens is 140 g/mol. The SMILES string of the molecule is CCC1(C)C(=O)C2CC2C1=O. The van der Waals surface area contributed by atoms with Crippen molar-refractivity contribution in [1.82, 2.24) is 0 Å². The van der Waals surface area contributed by atoms with Crippen LogP contribution in [0.4, 0.5) is 0 Å². The molecule has 2 atom stereocenters. The topological polar surface area (TPSA) is 34.1 Å². The second-order valence-corrected chi connectivity index (χ2v) is 3.86. The van der Waals surface area contributed by atoms with Gasteiger partial charge < -0.3 is 0 Å². The maximum atomic E-state index is 11.5. The molecule has 0 amide bonds. The molecule has 2 fully saturated rings. The predicted molar refractivity (Wildman–Crippen MR) is 40.0 cm³/mol. The minimum Gasteiger partial charge on any atom is -0.298 e. The van der Waals surface area contributed by atoms with Gasteiger partial charge in [0.15, 0.2) is 0 Å². The summed E-state index contributed by atoms with van der Waals surface area (Å²) >= 11 is 0. The van der Waals surface area contributed by atoms with Gasteiger partial charge in [-0.15, -0.1) is 0 Å². The number of Topliss-reactive ketones (excluding diaryl/α,β-unsaturated/α-hetero) is 2. The molecule has 0 aromatic heterocycles. The highest BCUT2D eigenvalue weighted by Gasteiger charge is 2.64. The lowest BCUT2D eigenvalue weighted by molar-refractivity contribution is -0.136. The van der Waals surface area contributed by atoms with Crippen LogP contribution in [-0.2, 0) is 9.59 Å². The molecule has 11 heavy (non-hydrogen) atoms. The van der Waals surface area contributed by atoms with Gasteiger partial charge in [-0.3, -0.25) is 9.59 Å². The second-order valence-electron chi connectivity index (χ2n) is 3.86. The molecule has 60 valence electrons. The Hall–Kier alpha value is -0.660. The molecule has 2 rings (SSSR count). The molecular formula is C9H12O2. The molecule has 0 N–H and O–H groups in total. The highest BCUT2D eigenvalue weighted by molar-refractivity contribution is 6.18. The smallest absolute Gasteiger partial charge is 0.149 e. The largest absolute Gasteiger partial charge is 0.298 e. The summed E-state index contributed by atoms with van der Waals surface area (Å²) in [5.41, 5.74) is -0.604. The molecule has 2 heteroatoms. The molecule has 2 unspecified atom stereocenters. The fourth-order valence-electron chi connectivity index (χ4n) is 2.06. The maximum Gasteiger partial charge on any atom is 0.149 e. The van der Waals surface area contributed by atoms with Crippen molar-refractivity contribution in [3.8, 4) is 0 Å². The summed E-state index contributed by atoms with van der Waals surface area (Å²) in [7, 11) is 0. The zero-order chi connectivity index (χ0) is 8.22. The molecule has 0 aliphatic heterocycles. The molecule has 0 bridgehead atoms. The zero-order valence-corrected chi connectivity index (χ0v) is 6.89. The van der Waals surface area contributed by atoms with Gasteiger partial charge in [0.2, 0.25) is 0 Å². The van der Waals surface area contributed by atoms with Gasteiger partial charge >= 0.3 is 0 Å². The van der Waals surface area contributed by atoms with Gasteiger partial charge in [-0.25, -0.2) is 0 Å². The van der Waals surface area contributed by atoms with Crippen molar-refractivity contribution >= 4 is 11.6 Å². The standard InChI is InChI=1S/C9H12O2/c1-3-9(2)7(10)5-4-6(5)8(9)11/h5-6H,3-4H2,1-2H3. The van der Waals surface area contributed by atoms with Crippen molar-refractivity contribution in [3.05, 3.63) is 0 Å². The molecule has 0 spiro atoms. The Morgan fingerprint density at radius 3 is 2.09 bits per heavy atom. The van der Waals surface area contributed by atoms with Crippen LogP contribution in [0.5, 0.6) is 0 Å². The molecule has 0 radical (unpaired) electrons. The van der Waals surface area contributed by atoms with Crippen LogP contribution < -0.4 is 0 Å². The monoisotopic (exact) mass is 152 g/mol. The molecule has 0 aromatic rings. The van der Waals surface area contributed by atoms with E-state index in [2.05, 4.69) is 0 Å². The summed E-state index contributed by atoms with van der Waals surface area (Å²) in [6.07, 6.45) is 1.52. The van der Waals surface area contributed by atoms with E-state index < -0.39 is 5.41 Å². The lowest BCUT2D eigenvalue weighted by Gasteiger charge is -2.19. The molecule has 0 aromatic carbocycles.